The van der Waals surface area contributed by atoms with E-state index in [-0.39, 0.29) is 17.2 Å². The summed E-state index contributed by atoms with van der Waals surface area (Å²) in [4.78, 5) is 0. The van der Waals surface area contributed by atoms with E-state index in [0.29, 0.717) is 22.4 Å². The number of hydrogen-bond donors (Lipinski definition) is 3. The molecule has 106 valence electrons. The molecule has 0 spiro atoms. The van der Waals surface area contributed by atoms with E-state index in [1.807, 2.05) is 13.0 Å². The fourth-order valence-corrected chi connectivity index (χ4v) is 2.40. The van der Waals surface area contributed by atoms with Gasteiger partial charge in [0.25, 0.3) is 0 Å². The highest BCUT2D eigenvalue weighted by atomic mass is 16.5. The van der Waals surface area contributed by atoms with Crippen LogP contribution in [0.4, 0.5) is 0 Å². The second-order valence-electron chi connectivity index (χ2n) is 4.82. The Morgan fingerprint density at radius 2 is 1.50 bits per heavy atom. The Morgan fingerprint density at radius 1 is 0.850 bits per heavy atom. The number of rotatable bonds is 2. The zero-order chi connectivity index (χ0) is 15.0. The van der Waals surface area contributed by atoms with Crippen molar-refractivity contribution in [1.29, 1.82) is 0 Å². The van der Waals surface area contributed by atoms with Crippen LogP contribution in [0.3, 0.4) is 0 Å². The molecule has 20 heavy (non-hydrogen) atoms. The van der Waals surface area contributed by atoms with Crippen LogP contribution in [-0.2, 0) is 0 Å². The molecule has 0 radical (unpaired) electrons. The summed E-state index contributed by atoms with van der Waals surface area (Å²) in [7, 11) is 1.50. The Labute approximate surface area is 117 Å². The van der Waals surface area contributed by atoms with Crippen molar-refractivity contribution >= 4 is 0 Å². The topological polar surface area (TPSA) is 69.9 Å². The van der Waals surface area contributed by atoms with Crippen LogP contribution >= 0.6 is 0 Å². The van der Waals surface area contributed by atoms with E-state index in [9.17, 15) is 15.3 Å². The van der Waals surface area contributed by atoms with Crippen molar-refractivity contribution in [3.8, 4) is 34.1 Å². The van der Waals surface area contributed by atoms with Crippen molar-refractivity contribution in [1.82, 2.24) is 0 Å². The van der Waals surface area contributed by atoms with Gasteiger partial charge in [0.05, 0.1) is 12.7 Å². The predicted octanol–water partition coefficient (Wildman–Crippen LogP) is 3.40. The lowest BCUT2D eigenvalue weighted by Crippen LogP contribution is -1.97. The molecular weight excluding hydrogens is 256 g/mol. The molecule has 3 N–H and O–H groups in total. The summed E-state index contributed by atoms with van der Waals surface area (Å²) in [5.74, 6) is -0.000781. The van der Waals surface area contributed by atoms with Gasteiger partial charge in [-0.1, -0.05) is 12.1 Å². The minimum atomic E-state index is -0.283. The summed E-state index contributed by atoms with van der Waals surface area (Å²) >= 11 is 0. The Balaban J connectivity index is 2.94. The average molecular weight is 274 g/mol. The third-order valence-electron chi connectivity index (χ3n) is 3.65. The fourth-order valence-electron chi connectivity index (χ4n) is 2.40. The molecule has 0 aliphatic carbocycles. The van der Waals surface area contributed by atoms with Crippen LogP contribution in [0.5, 0.6) is 23.0 Å². The molecule has 2 rings (SSSR count). The molecule has 4 nitrogen and oxygen atoms in total. The van der Waals surface area contributed by atoms with Gasteiger partial charge in [-0.05, 0) is 38.0 Å². The van der Waals surface area contributed by atoms with Crippen LogP contribution in [0.1, 0.15) is 16.7 Å². The lowest BCUT2D eigenvalue weighted by molar-refractivity contribution is 0.383. The first-order valence-corrected chi connectivity index (χ1v) is 6.28. The monoisotopic (exact) mass is 274 g/mol. The zero-order valence-corrected chi connectivity index (χ0v) is 12.0. The standard InChI is InChI=1S/C16H18O4/c1-8-6-5-7-11(17)12(8)13-15(19)14(18)9(2)10(3)16(13)20-4/h5-7,17-19H,1-4H3. The average Bonchev–Trinajstić information content (AvgIpc) is 2.42. The minimum absolute atomic E-state index is 0.0289. The lowest BCUT2D eigenvalue weighted by Gasteiger charge is -2.19. The van der Waals surface area contributed by atoms with Crippen LogP contribution < -0.4 is 4.74 Å². The molecule has 0 amide bonds. The van der Waals surface area contributed by atoms with E-state index in [2.05, 4.69) is 0 Å². The summed E-state index contributed by atoms with van der Waals surface area (Å²) in [6, 6.07) is 5.08. The third kappa shape index (κ3) is 1.93. The van der Waals surface area contributed by atoms with E-state index in [1.165, 1.54) is 13.2 Å². The van der Waals surface area contributed by atoms with Crippen molar-refractivity contribution in [3.63, 3.8) is 0 Å². The number of aryl methyl sites for hydroxylation is 1. The first-order valence-electron chi connectivity index (χ1n) is 6.28. The lowest BCUT2D eigenvalue weighted by atomic mass is 9.93. The van der Waals surface area contributed by atoms with Crippen LogP contribution in [0, 0.1) is 20.8 Å². The summed E-state index contributed by atoms with van der Waals surface area (Å²) < 4.78 is 5.37. The molecule has 0 saturated carbocycles. The van der Waals surface area contributed by atoms with E-state index < -0.39 is 0 Å². The zero-order valence-electron chi connectivity index (χ0n) is 12.0. The number of aromatic hydroxyl groups is 3. The molecule has 0 aromatic heterocycles. The van der Waals surface area contributed by atoms with E-state index in [1.54, 1.807) is 19.9 Å². The maximum atomic E-state index is 10.3. The molecule has 0 fully saturated rings. The van der Waals surface area contributed by atoms with Gasteiger partial charge in [0, 0.05) is 11.1 Å². The van der Waals surface area contributed by atoms with Gasteiger partial charge < -0.3 is 20.1 Å². The summed E-state index contributed by atoms with van der Waals surface area (Å²) in [6.45, 7) is 5.32. The number of benzene rings is 2. The molecule has 2 aromatic rings. The van der Waals surface area contributed by atoms with Crippen molar-refractivity contribution in [3.05, 3.63) is 34.9 Å². The van der Waals surface area contributed by atoms with Crippen molar-refractivity contribution in [2.45, 2.75) is 20.8 Å². The molecule has 0 aliphatic heterocycles. The minimum Gasteiger partial charge on any atom is -0.507 e. The van der Waals surface area contributed by atoms with Crippen LogP contribution in [-0.4, -0.2) is 22.4 Å². The van der Waals surface area contributed by atoms with Gasteiger partial charge in [0.2, 0.25) is 0 Å². The van der Waals surface area contributed by atoms with Gasteiger partial charge in [-0.15, -0.1) is 0 Å². The molecule has 0 bridgehead atoms. The van der Waals surface area contributed by atoms with Crippen molar-refractivity contribution in [2.75, 3.05) is 7.11 Å². The normalized spacial score (nSPS) is 10.6. The Kier molecular flexibility index (Phi) is 3.49. The van der Waals surface area contributed by atoms with E-state index in [4.69, 9.17) is 4.74 Å². The number of hydrogen-bond acceptors (Lipinski definition) is 4. The predicted molar refractivity (Wildman–Crippen MR) is 77.6 cm³/mol. The number of ether oxygens (including phenoxy) is 1. The SMILES string of the molecule is COc1c(C)c(C)c(O)c(O)c1-c1c(C)cccc1O. The third-order valence-corrected chi connectivity index (χ3v) is 3.65. The molecule has 0 saturated heterocycles. The Hall–Kier alpha value is -2.36. The molecular formula is C16H18O4. The van der Waals surface area contributed by atoms with Gasteiger partial charge in [0.1, 0.15) is 11.5 Å². The molecule has 2 aromatic carbocycles. The molecule has 0 aliphatic rings. The maximum Gasteiger partial charge on any atom is 0.169 e. The van der Waals surface area contributed by atoms with Gasteiger partial charge in [-0.25, -0.2) is 0 Å². The summed E-state index contributed by atoms with van der Waals surface area (Å²) in [5, 5.41) is 30.4. The van der Waals surface area contributed by atoms with Crippen LogP contribution in [0.25, 0.3) is 11.1 Å². The first kappa shape index (κ1) is 14.1. The highest BCUT2D eigenvalue weighted by molar-refractivity contribution is 5.87. The van der Waals surface area contributed by atoms with Crippen molar-refractivity contribution < 1.29 is 20.1 Å². The molecule has 4 heteroatoms. The largest absolute Gasteiger partial charge is 0.507 e. The number of phenols is 3. The number of methoxy groups -OCH3 is 1. The van der Waals surface area contributed by atoms with E-state index >= 15 is 0 Å². The summed E-state index contributed by atoms with van der Waals surface area (Å²) in [5.41, 5.74) is 2.82. The van der Waals surface area contributed by atoms with Crippen LogP contribution in [0.2, 0.25) is 0 Å². The number of phenolic OH excluding ortho intramolecular Hbond substituents is 3. The van der Waals surface area contributed by atoms with Crippen molar-refractivity contribution in [2.24, 2.45) is 0 Å². The van der Waals surface area contributed by atoms with Gasteiger partial charge in [-0.2, -0.15) is 0 Å². The van der Waals surface area contributed by atoms with Gasteiger partial charge in [0.15, 0.2) is 11.5 Å². The quantitative estimate of drug-likeness (QED) is 0.734. The first-order chi connectivity index (χ1) is 9.40. The second kappa shape index (κ2) is 4.96. The Bertz CT molecular complexity index is 655. The molecule has 0 unspecified atom stereocenters. The van der Waals surface area contributed by atoms with Gasteiger partial charge in [-0.3, -0.25) is 0 Å². The maximum absolute atomic E-state index is 10.3. The smallest absolute Gasteiger partial charge is 0.169 e. The highest BCUT2D eigenvalue weighted by Gasteiger charge is 2.24. The highest BCUT2D eigenvalue weighted by Crippen LogP contribution is 2.50. The van der Waals surface area contributed by atoms with E-state index in [0.717, 1.165) is 11.1 Å². The Morgan fingerprint density at radius 3 is 2.05 bits per heavy atom. The summed E-state index contributed by atoms with van der Waals surface area (Å²) in [6.07, 6.45) is 0. The molecule has 0 atom stereocenters. The fraction of sp³-hybridized carbons (Fsp3) is 0.250. The van der Waals surface area contributed by atoms with Gasteiger partial charge >= 0.3 is 0 Å². The molecule has 0 heterocycles. The second-order valence-corrected chi connectivity index (χ2v) is 4.82. The van der Waals surface area contributed by atoms with Crippen LogP contribution in [0.15, 0.2) is 18.2 Å².